The number of aryl methyl sites for hydroxylation is 1. The van der Waals surface area contributed by atoms with Gasteiger partial charge in [-0.3, -0.25) is 4.79 Å². The summed E-state index contributed by atoms with van der Waals surface area (Å²) in [5, 5.41) is 2.92. The van der Waals surface area contributed by atoms with Crippen LogP contribution in [0.3, 0.4) is 0 Å². The molecule has 2 aliphatic rings. The predicted octanol–water partition coefficient (Wildman–Crippen LogP) is 3.56. The standard InChI is InChI=1S/C24H24FN5O3S/c1-29-14-12-26-23(29)22(16-6-9-18(25)10-7-16)27-24(31)17-8-11-19-20(15-17)34(32,33)28-21-5-3-2-4-13-30(19)21/h6-12,14-15,22H,2-5,13H2,1H3,(H,27,31). The van der Waals surface area contributed by atoms with E-state index in [4.69, 9.17) is 0 Å². The summed E-state index contributed by atoms with van der Waals surface area (Å²) in [6, 6.07) is 9.83. The molecular weight excluding hydrogens is 457 g/mol. The molecule has 5 rings (SSSR count). The van der Waals surface area contributed by atoms with Gasteiger partial charge in [0.25, 0.3) is 15.9 Å². The number of rotatable bonds is 4. The average Bonchev–Trinajstić information content (AvgIpc) is 3.10. The Kier molecular flexibility index (Phi) is 5.68. The van der Waals surface area contributed by atoms with Crippen LogP contribution in [-0.2, 0) is 17.1 Å². The van der Waals surface area contributed by atoms with Crippen molar-refractivity contribution in [2.45, 2.75) is 36.6 Å². The van der Waals surface area contributed by atoms with Crippen LogP contribution in [0.1, 0.15) is 53.5 Å². The summed E-state index contributed by atoms with van der Waals surface area (Å²) in [5.74, 6) is 0.265. The van der Waals surface area contributed by atoms with Crippen molar-refractivity contribution in [2.75, 3.05) is 11.4 Å². The van der Waals surface area contributed by atoms with Gasteiger partial charge in [0, 0.05) is 38.0 Å². The molecule has 1 fully saturated rings. The minimum absolute atomic E-state index is 0.0288. The quantitative estimate of drug-likeness (QED) is 0.615. The lowest BCUT2D eigenvalue weighted by atomic mass is 10.0. The second kappa shape index (κ2) is 8.68. The molecule has 34 heavy (non-hydrogen) atoms. The summed E-state index contributed by atoms with van der Waals surface area (Å²) in [4.78, 5) is 19.6. The molecule has 0 radical (unpaired) electrons. The number of nitrogens with zero attached hydrogens (tertiary/aromatic N) is 4. The Labute approximate surface area is 197 Å². The first-order valence-corrected chi connectivity index (χ1v) is 12.6. The summed E-state index contributed by atoms with van der Waals surface area (Å²) < 4.78 is 45.2. The van der Waals surface area contributed by atoms with Crippen LogP contribution in [0.4, 0.5) is 10.1 Å². The number of benzene rings is 2. The number of amides is 1. The van der Waals surface area contributed by atoms with Gasteiger partial charge in [0.05, 0.1) is 5.69 Å². The number of hydrogen-bond acceptors (Lipinski definition) is 5. The van der Waals surface area contributed by atoms with Crippen molar-refractivity contribution < 1.29 is 17.6 Å². The fourth-order valence-corrected chi connectivity index (χ4v) is 5.73. The number of sulfonamides is 1. The Hall–Kier alpha value is -3.53. The molecule has 3 heterocycles. The summed E-state index contributed by atoms with van der Waals surface area (Å²) >= 11 is 0. The number of imidazole rings is 1. The average molecular weight is 482 g/mol. The van der Waals surface area contributed by atoms with Crippen molar-refractivity contribution in [1.29, 1.82) is 0 Å². The van der Waals surface area contributed by atoms with E-state index < -0.39 is 22.0 Å². The van der Waals surface area contributed by atoms with Crippen LogP contribution in [0.25, 0.3) is 0 Å². The molecule has 0 bridgehead atoms. The fourth-order valence-electron chi connectivity index (χ4n) is 4.44. The molecule has 2 aromatic carbocycles. The van der Waals surface area contributed by atoms with Gasteiger partial charge in [-0.15, -0.1) is 4.40 Å². The zero-order valence-electron chi connectivity index (χ0n) is 18.6. The lowest BCUT2D eigenvalue weighted by Crippen LogP contribution is -2.36. The van der Waals surface area contributed by atoms with Crippen molar-refractivity contribution in [1.82, 2.24) is 14.9 Å². The fraction of sp³-hybridized carbons (Fsp3) is 0.292. The highest BCUT2D eigenvalue weighted by Crippen LogP contribution is 2.35. The van der Waals surface area contributed by atoms with Crippen molar-refractivity contribution in [3.05, 3.63) is 77.6 Å². The molecule has 1 N–H and O–H groups in total. The monoisotopic (exact) mass is 481 g/mol. The SMILES string of the molecule is Cn1ccnc1C(NC(=O)c1ccc2c(c1)S(=O)(=O)N=C1CCCCCN12)c1ccc(F)cc1. The molecule has 0 spiro atoms. The van der Waals surface area contributed by atoms with Crippen LogP contribution < -0.4 is 10.2 Å². The summed E-state index contributed by atoms with van der Waals surface area (Å²) in [5.41, 5.74) is 1.40. The van der Waals surface area contributed by atoms with Crippen LogP contribution in [0, 0.1) is 5.82 Å². The molecule has 176 valence electrons. The number of halogens is 1. The maximum Gasteiger partial charge on any atom is 0.286 e. The van der Waals surface area contributed by atoms with Crippen LogP contribution in [0.2, 0.25) is 0 Å². The first-order chi connectivity index (χ1) is 16.3. The number of aromatic nitrogens is 2. The Morgan fingerprint density at radius 3 is 2.65 bits per heavy atom. The van der Waals surface area contributed by atoms with E-state index >= 15 is 0 Å². The molecular formula is C24H24FN5O3S. The van der Waals surface area contributed by atoms with Crippen molar-refractivity contribution in [2.24, 2.45) is 11.4 Å². The zero-order chi connectivity index (χ0) is 23.9. The molecule has 8 nitrogen and oxygen atoms in total. The molecule has 1 saturated heterocycles. The predicted molar refractivity (Wildman–Crippen MR) is 126 cm³/mol. The third-order valence-corrected chi connectivity index (χ3v) is 7.54. The number of nitrogens with one attached hydrogen (secondary N) is 1. The smallest absolute Gasteiger partial charge is 0.286 e. The van der Waals surface area contributed by atoms with E-state index in [1.165, 1.54) is 18.2 Å². The van der Waals surface area contributed by atoms with Gasteiger partial charge in [0.15, 0.2) is 0 Å². The first kappa shape index (κ1) is 22.3. The molecule has 2 aliphatic heterocycles. The first-order valence-electron chi connectivity index (χ1n) is 11.1. The van der Waals surface area contributed by atoms with Gasteiger partial charge in [-0.1, -0.05) is 18.6 Å². The molecule has 1 aromatic heterocycles. The Morgan fingerprint density at radius 2 is 1.91 bits per heavy atom. The molecule has 0 aliphatic carbocycles. The minimum atomic E-state index is -3.91. The normalized spacial score (nSPS) is 17.7. The van der Waals surface area contributed by atoms with Crippen molar-refractivity contribution >= 4 is 27.5 Å². The van der Waals surface area contributed by atoms with Gasteiger partial charge in [-0.25, -0.2) is 9.37 Å². The largest absolute Gasteiger partial charge is 0.338 e. The third-order valence-electron chi connectivity index (χ3n) is 6.21. The number of fused-ring (bicyclic) bond motifs is 3. The van der Waals surface area contributed by atoms with E-state index in [-0.39, 0.29) is 16.3 Å². The number of hydrogen-bond donors (Lipinski definition) is 1. The molecule has 1 amide bonds. The summed E-state index contributed by atoms with van der Waals surface area (Å²) in [7, 11) is -2.11. The zero-order valence-corrected chi connectivity index (χ0v) is 19.4. The van der Waals surface area contributed by atoms with Gasteiger partial charge >= 0.3 is 0 Å². The lowest BCUT2D eigenvalue weighted by Gasteiger charge is -2.29. The van der Waals surface area contributed by atoms with Crippen molar-refractivity contribution in [3.8, 4) is 0 Å². The van der Waals surface area contributed by atoms with E-state index in [1.807, 2.05) is 4.90 Å². The van der Waals surface area contributed by atoms with Gasteiger partial charge in [-0.05, 0) is 48.7 Å². The van der Waals surface area contributed by atoms with Crippen LogP contribution in [0.5, 0.6) is 0 Å². The minimum Gasteiger partial charge on any atom is -0.338 e. The lowest BCUT2D eigenvalue weighted by molar-refractivity contribution is 0.0941. The second-order valence-corrected chi connectivity index (χ2v) is 10.1. The molecule has 0 saturated carbocycles. The topological polar surface area (TPSA) is 96.7 Å². The van der Waals surface area contributed by atoms with E-state index in [0.29, 0.717) is 35.9 Å². The number of anilines is 1. The van der Waals surface area contributed by atoms with Crippen LogP contribution in [0.15, 0.2) is 64.2 Å². The van der Waals surface area contributed by atoms with Crippen LogP contribution >= 0.6 is 0 Å². The highest BCUT2D eigenvalue weighted by atomic mass is 32.2. The second-order valence-electron chi connectivity index (χ2n) is 8.48. The van der Waals surface area contributed by atoms with Gasteiger partial charge in [-0.2, -0.15) is 8.42 Å². The third kappa shape index (κ3) is 4.09. The summed E-state index contributed by atoms with van der Waals surface area (Å²) in [6.45, 7) is 0.693. The van der Waals surface area contributed by atoms with E-state index in [2.05, 4.69) is 14.7 Å². The maximum atomic E-state index is 13.5. The number of carbonyl (C=O) groups excluding carboxylic acids is 1. The van der Waals surface area contributed by atoms with Crippen LogP contribution in [-0.4, -0.2) is 36.3 Å². The van der Waals surface area contributed by atoms with E-state index in [0.717, 1.165) is 19.3 Å². The Morgan fingerprint density at radius 1 is 1.12 bits per heavy atom. The molecule has 1 atom stereocenters. The molecule has 3 aromatic rings. The highest BCUT2D eigenvalue weighted by Gasteiger charge is 2.32. The van der Waals surface area contributed by atoms with Gasteiger partial charge in [0.1, 0.15) is 28.4 Å². The van der Waals surface area contributed by atoms with E-state index in [1.54, 1.807) is 48.3 Å². The molecule has 10 heteroatoms. The van der Waals surface area contributed by atoms with Gasteiger partial charge in [0.2, 0.25) is 0 Å². The number of carbonyl (C=O) groups is 1. The summed E-state index contributed by atoms with van der Waals surface area (Å²) in [6.07, 6.45) is 6.84. The molecule has 1 unspecified atom stereocenters. The Balaban J connectivity index is 1.49. The van der Waals surface area contributed by atoms with Crippen molar-refractivity contribution in [3.63, 3.8) is 0 Å². The van der Waals surface area contributed by atoms with E-state index in [9.17, 15) is 17.6 Å². The van der Waals surface area contributed by atoms with Gasteiger partial charge < -0.3 is 14.8 Å². The number of amidine groups is 1. The Bertz CT molecular complexity index is 1380. The maximum absolute atomic E-state index is 13.5. The highest BCUT2D eigenvalue weighted by molar-refractivity contribution is 7.90.